The summed E-state index contributed by atoms with van der Waals surface area (Å²) in [4.78, 5) is 13.3. The Morgan fingerprint density at radius 2 is 1.24 bits per heavy atom. The maximum atomic E-state index is 5.88. The van der Waals surface area contributed by atoms with Gasteiger partial charge in [0.2, 0.25) is 0 Å². The van der Waals surface area contributed by atoms with Crippen molar-refractivity contribution in [3.8, 4) is 0 Å². The molecule has 6 nitrogen and oxygen atoms in total. The lowest BCUT2D eigenvalue weighted by atomic mass is 10.1. The Morgan fingerprint density at radius 3 is 1.68 bits per heavy atom. The molecule has 2 rings (SSSR count). The van der Waals surface area contributed by atoms with Crippen LogP contribution in [0.2, 0.25) is 0 Å². The first-order chi connectivity index (χ1) is 11.8. The molecule has 2 heterocycles. The van der Waals surface area contributed by atoms with E-state index in [-0.39, 0.29) is 6.10 Å². The van der Waals surface area contributed by atoms with Gasteiger partial charge < -0.3 is 4.74 Å². The molecule has 0 aromatic carbocycles. The van der Waals surface area contributed by atoms with Crippen LogP contribution in [0.15, 0.2) is 0 Å². The van der Waals surface area contributed by atoms with E-state index in [0.29, 0.717) is 5.54 Å². The zero-order valence-corrected chi connectivity index (χ0v) is 17.2. The van der Waals surface area contributed by atoms with Crippen molar-refractivity contribution in [2.24, 2.45) is 0 Å². The summed E-state index contributed by atoms with van der Waals surface area (Å²) in [5.74, 6) is 0. The molecule has 0 bridgehead atoms. The Kier molecular flexibility index (Phi) is 8.58. The lowest BCUT2D eigenvalue weighted by molar-refractivity contribution is -0.202. The van der Waals surface area contributed by atoms with Crippen molar-refractivity contribution in [2.45, 2.75) is 46.3 Å². The Labute approximate surface area is 155 Å². The average molecular weight is 357 g/mol. The summed E-state index contributed by atoms with van der Waals surface area (Å²) in [6.45, 7) is 23.7. The lowest BCUT2D eigenvalue weighted by Crippen LogP contribution is -2.53. The Balaban J connectivity index is 1.47. The fourth-order valence-corrected chi connectivity index (χ4v) is 3.49. The lowest BCUT2D eigenvalue weighted by Gasteiger charge is -2.42. The molecule has 0 amide bonds. The fraction of sp³-hybridized carbons (Fsp3) is 1.00. The summed E-state index contributed by atoms with van der Waals surface area (Å²) >= 11 is 0. The van der Waals surface area contributed by atoms with Crippen molar-refractivity contribution in [2.75, 3.05) is 78.7 Å². The minimum atomic E-state index is 0.278. The first-order valence-corrected chi connectivity index (χ1v) is 10.0. The van der Waals surface area contributed by atoms with Gasteiger partial charge in [0.15, 0.2) is 0 Å². The van der Waals surface area contributed by atoms with Crippen molar-refractivity contribution >= 4 is 0 Å². The zero-order valence-electron chi connectivity index (χ0n) is 17.2. The molecule has 0 unspecified atom stereocenters. The van der Waals surface area contributed by atoms with Gasteiger partial charge in [-0.15, -0.1) is 0 Å². The molecule has 0 atom stereocenters. The van der Waals surface area contributed by atoms with Crippen molar-refractivity contribution in [1.29, 1.82) is 0 Å². The number of hydroxylamine groups is 2. The minimum Gasteiger partial charge on any atom is -0.379 e. The molecule has 0 N–H and O–H groups in total. The summed E-state index contributed by atoms with van der Waals surface area (Å²) in [6, 6.07) is 0. The zero-order chi connectivity index (χ0) is 18.3. The molecular formula is C19H40N4O2. The van der Waals surface area contributed by atoms with E-state index >= 15 is 0 Å². The number of nitrogens with zero attached hydrogens (tertiary/aromatic N) is 4. The van der Waals surface area contributed by atoms with E-state index in [0.717, 1.165) is 52.5 Å². The van der Waals surface area contributed by atoms with Gasteiger partial charge in [-0.1, -0.05) is 0 Å². The molecule has 0 aliphatic carbocycles. The topological polar surface area (TPSA) is 31.4 Å². The standard InChI is InChI=1S/C19H40N4O2/c1-18(2)25-23-12-8-21(9-13-23)15-17-24-16-14-20-6-10-22(11-7-20)19(3,4)5/h18H,6-17H2,1-5H3. The largest absolute Gasteiger partial charge is 0.379 e. The van der Waals surface area contributed by atoms with Crippen LogP contribution < -0.4 is 0 Å². The highest BCUT2D eigenvalue weighted by Crippen LogP contribution is 2.15. The van der Waals surface area contributed by atoms with Crippen molar-refractivity contribution in [1.82, 2.24) is 19.8 Å². The van der Waals surface area contributed by atoms with Crippen LogP contribution in [0.25, 0.3) is 0 Å². The van der Waals surface area contributed by atoms with Gasteiger partial charge in [0.05, 0.1) is 19.3 Å². The van der Waals surface area contributed by atoms with Crippen LogP contribution in [0.4, 0.5) is 0 Å². The van der Waals surface area contributed by atoms with Crippen LogP contribution in [0.5, 0.6) is 0 Å². The summed E-state index contributed by atoms with van der Waals surface area (Å²) in [7, 11) is 0. The molecule has 0 spiro atoms. The Bertz CT molecular complexity index is 357. The second kappa shape index (κ2) is 10.2. The van der Waals surface area contributed by atoms with E-state index < -0.39 is 0 Å². The van der Waals surface area contributed by atoms with Gasteiger partial charge in [-0.2, -0.15) is 5.06 Å². The van der Waals surface area contributed by atoms with Crippen LogP contribution in [-0.2, 0) is 9.57 Å². The highest BCUT2D eigenvalue weighted by molar-refractivity contribution is 4.81. The molecule has 25 heavy (non-hydrogen) atoms. The monoisotopic (exact) mass is 356 g/mol. The molecule has 2 aliphatic heterocycles. The number of ether oxygens (including phenoxy) is 1. The highest BCUT2D eigenvalue weighted by atomic mass is 16.7. The second-order valence-electron chi connectivity index (χ2n) is 8.54. The minimum absolute atomic E-state index is 0.278. The van der Waals surface area contributed by atoms with Crippen LogP contribution >= 0.6 is 0 Å². The molecule has 0 aromatic rings. The fourth-order valence-electron chi connectivity index (χ4n) is 3.49. The molecule has 0 aromatic heterocycles. The quantitative estimate of drug-likeness (QED) is 0.611. The van der Waals surface area contributed by atoms with Crippen LogP contribution in [0.1, 0.15) is 34.6 Å². The third-order valence-corrected chi connectivity index (χ3v) is 5.12. The third kappa shape index (κ3) is 7.89. The SMILES string of the molecule is CC(C)ON1CCN(CCOCCN2CCN(C(C)(C)C)CC2)CC1. The van der Waals surface area contributed by atoms with E-state index in [1.54, 1.807) is 0 Å². The predicted molar refractivity (Wildman–Crippen MR) is 103 cm³/mol. The molecule has 2 fully saturated rings. The van der Waals surface area contributed by atoms with E-state index in [9.17, 15) is 0 Å². The van der Waals surface area contributed by atoms with E-state index in [1.165, 1.54) is 26.2 Å². The van der Waals surface area contributed by atoms with Gasteiger partial charge in [-0.25, -0.2) is 0 Å². The number of piperazine rings is 2. The van der Waals surface area contributed by atoms with Gasteiger partial charge in [0.25, 0.3) is 0 Å². The summed E-state index contributed by atoms with van der Waals surface area (Å²) in [5, 5.41) is 2.10. The third-order valence-electron chi connectivity index (χ3n) is 5.12. The molecule has 148 valence electrons. The molecule has 0 radical (unpaired) electrons. The summed E-state index contributed by atoms with van der Waals surface area (Å²) in [6.07, 6.45) is 0.278. The molecule has 6 heteroatoms. The first-order valence-electron chi connectivity index (χ1n) is 10.0. The van der Waals surface area contributed by atoms with Crippen LogP contribution in [0, 0.1) is 0 Å². The predicted octanol–water partition coefficient (Wildman–Crippen LogP) is 1.38. The normalized spacial score (nSPS) is 22.8. The van der Waals surface area contributed by atoms with Crippen molar-refractivity contribution in [3.63, 3.8) is 0 Å². The molecule has 2 aliphatic rings. The van der Waals surface area contributed by atoms with E-state index in [4.69, 9.17) is 9.57 Å². The van der Waals surface area contributed by atoms with Crippen molar-refractivity contribution in [3.05, 3.63) is 0 Å². The maximum Gasteiger partial charge on any atom is 0.0737 e. The summed E-state index contributed by atoms with van der Waals surface area (Å²) < 4.78 is 5.88. The van der Waals surface area contributed by atoms with E-state index in [2.05, 4.69) is 54.4 Å². The highest BCUT2D eigenvalue weighted by Gasteiger charge is 2.25. The van der Waals surface area contributed by atoms with Gasteiger partial charge in [0, 0.05) is 71.0 Å². The first kappa shape index (κ1) is 21.1. The Morgan fingerprint density at radius 1 is 0.760 bits per heavy atom. The maximum absolute atomic E-state index is 5.88. The van der Waals surface area contributed by atoms with Gasteiger partial charge in [-0.05, 0) is 34.6 Å². The summed E-state index contributed by atoms with van der Waals surface area (Å²) in [5.41, 5.74) is 0.298. The van der Waals surface area contributed by atoms with Gasteiger partial charge >= 0.3 is 0 Å². The molecular weight excluding hydrogens is 316 g/mol. The van der Waals surface area contributed by atoms with Crippen molar-refractivity contribution < 1.29 is 9.57 Å². The van der Waals surface area contributed by atoms with Gasteiger partial charge in [-0.3, -0.25) is 19.5 Å². The van der Waals surface area contributed by atoms with E-state index in [1.807, 2.05) is 0 Å². The smallest absolute Gasteiger partial charge is 0.0737 e. The number of hydrogen-bond acceptors (Lipinski definition) is 6. The number of hydrogen-bond donors (Lipinski definition) is 0. The molecule has 2 saturated heterocycles. The molecule has 0 saturated carbocycles. The Hall–Kier alpha value is -0.240. The van der Waals surface area contributed by atoms with Crippen LogP contribution in [-0.4, -0.2) is 110 Å². The van der Waals surface area contributed by atoms with Crippen LogP contribution in [0.3, 0.4) is 0 Å². The second-order valence-corrected chi connectivity index (χ2v) is 8.54. The average Bonchev–Trinajstić information content (AvgIpc) is 2.55. The number of rotatable bonds is 8. The van der Waals surface area contributed by atoms with Gasteiger partial charge in [0.1, 0.15) is 0 Å².